The van der Waals surface area contributed by atoms with E-state index in [4.69, 9.17) is 0 Å². The molecule has 102 valence electrons. The van der Waals surface area contributed by atoms with Gasteiger partial charge in [-0.1, -0.05) is 28.1 Å². The summed E-state index contributed by atoms with van der Waals surface area (Å²) in [6.07, 6.45) is 0. The van der Waals surface area contributed by atoms with E-state index in [2.05, 4.69) is 52.5 Å². The molecule has 2 rings (SSSR count). The summed E-state index contributed by atoms with van der Waals surface area (Å²) in [6, 6.07) is 8.64. The molecular formula is C12H7Br3F2OS. The van der Waals surface area contributed by atoms with Crippen LogP contribution in [0.5, 0.6) is 5.75 Å². The van der Waals surface area contributed by atoms with E-state index in [1.165, 1.54) is 6.07 Å². The van der Waals surface area contributed by atoms with Crippen molar-refractivity contribution in [3.8, 4) is 5.75 Å². The summed E-state index contributed by atoms with van der Waals surface area (Å²) in [6.45, 7) is -2.81. The summed E-state index contributed by atoms with van der Waals surface area (Å²) >= 11 is 12.0. The Bertz CT molecular complexity index is 574. The van der Waals surface area contributed by atoms with Crippen molar-refractivity contribution < 1.29 is 13.5 Å². The van der Waals surface area contributed by atoms with E-state index in [0.29, 0.717) is 0 Å². The molecule has 0 N–H and O–H groups in total. The average Bonchev–Trinajstić information content (AvgIpc) is 2.67. The van der Waals surface area contributed by atoms with Crippen molar-refractivity contribution in [1.29, 1.82) is 0 Å². The molecule has 0 saturated carbocycles. The lowest BCUT2D eigenvalue weighted by Gasteiger charge is -2.11. The molecule has 0 aliphatic heterocycles. The van der Waals surface area contributed by atoms with Crippen LogP contribution in [-0.4, -0.2) is 6.61 Å². The van der Waals surface area contributed by atoms with Crippen LogP contribution in [-0.2, 0) is 0 Å². The van der Waals surface area contributed by atoms with Gasteiger partial charge in [0.1, 0.15) is 5.75 Å². The third kappa shape index (κ3) is 4.00. The lowest BCUT2D eigenvalue weighted by Crippen LogP contribution is -2.02. The summed E-state index contributed by atoms with van der Waals surface area (Å²) in [5, 5.41) is 0. The third-order valence-corrected chi connectivity index (χ3v) is 5.74. The monoisotopic (exact) mass is 474 g/mol. The highest BCUT2D eigenvalue weighted by Crippen LogP contribution is 2.42. The predicted molar refractivity (Wildman–Crippen MR) is 83.6 cm³/mol. The van der Waals surface area contributed by atoms with E-state index < -0.39 is 6.61 Å². The van der Waals surface area contributed by atoms with Gasteiger partial charge in [0.2, 0.25) is 0 Å². The van der Waals surface area contributed by atoms with Gasteiger partial charge in [-0.2, -0.15) is 8.78 Å². The summed E-state index contributed by atoms with van der Waals surface area (Å²) in [5.74, 6) is 0.155. The minimum atomic E-state index is -2.81. The van der Waals surface area contributed by atoms with Crippen molar-refractivity contribution in [1.82, 2.24) is 0 Å². The minimum absolute atomic E-state index is 0.0920. The van der Waals surface area contributed by atoms with Gasteiger partial charge in [-0.3, -0.25) is 0 Å². The maximum Gasteiger partial charge on any atom is 0.387 e. The summed E-state index contributed by atoms with van der Waals surface area (Å²) in [7, 11) is 0. The molecule has 1 nitrogen and oxygen atoms in total. The van der Waals surface area contributed by atoms with Gasteiger partial charge in [-0.15, -0.1) is 11.3 Å². The van der Waals surface area contributed by atoms with Crippen LogP contribution in [0.1, 0.15) is 16.0 Å². The average molecular weight is 477 g/mol. The van der Waals surface area contributed by atoms with Crippen molar-refractivity contribution in [2.75, 3.05) is 0 Å². The molecule has 0 radical (unpaired) electrons. The van der Waals surface area contributed by atoms with Gasteiger partial charge < -0.3 is 4.74 Å². The van der Waals surface area contributed by atoms with E-state index in [1.807, 2.05) is 12.1 Å². The molecule has 1 heterocycles. The molecule has 0 amide bonds. The first-order valence-corrected chi connectivity index (χ1v) is 8.42. The second-order valence-electron chi connectivity index (χ2n) is 3.59. The first-order valence-electron chi connectivity index (χ1n) is 5.11. The quantitative estimate of drug-likeness (QED) is 0.467. The molecule has 0 aliphatic rings. The number of alkyl halides is 3. The largest absolute Gasteiger partial charge is 0.435 e. The SMILES string of the molecule is FC(F)Oc1cccc(C(Br)c2cc(Br)sc2Br)c1. The number of ether oxygens (including phenoxy) is 1. The topological polar surface area (TPSA) is 9.23 Å². The molecule has 0 spiro atoms. The Morgan fingerprint density at radius 2 is 1.89 bits per heavy atom. The maximum atomic E-state index is 12.2. The molecule has 0 saturated heterocycles. The third-order valence-electron chi connectivity index (χ3n) is 2.33. The molecule has 1 aromatic heterocycles. The fraction of sp³-hybridized carbons (Fsp3) is 0.167. The Labute approximate surface area is 138 Å². The van der Waals surface area contributed by atoms with Gasteiger partial charge in [0, 0.05) is 0 Å². The summed E-state index contributed by atoms with van der Waals surface area (Å²) in [4.78, 5) is -0.0920. The molecule has 1 aromatic carbocycles. The number of halogens is 5. The highest BCUT2D eigenvalue weighted by molar-refractivity contribution is 9.12. The van der Waals surface area contributed by atoms with E-state index in [9.17, 15) is 8.78 Å². The Hall–Kier alpha value is 0.0200. The van der Waals surface area contributed by atoms with E-state index in [-0.39, 0.29) is 10.6 Å². The van der Waals surface area contributed by atoms with Crippen molar-refractivity contribution in [2.45, 2.75) is 11.4 Å². The van der Waals surface area contributed by atoms with E-state index >= 15 is 0 Å². The van der Waals surface area contributed by atoms with E-state index in [1.54, 1.807) is 23.5 Å². The zero-order valence-corrected chi connectivity index (χ0v) is 14.8. The molecule has 0 aliphatic carbocycles. The highest BCUT2D eigenvalue weighted by Gasteiger charge is 2.17. The lowest BCUT2D eigenvalue weighted by molar-refractivity contribution is -0.0498. The molecular weight excluding hydrogens is 470 g/mol. The van der Waals surface area contributed by atoms with Gasteiger partial charge in [-0.05, 0) is 61.2 Å². The first-order chi connectivity index (χ1) is 8.97. The molecule has 19 heavy (non-hydrogen) atoms. The maximum absolute atomic E-state index is 12.2. The minimum Gasteiger partial charge on any atom is -0.435 e. The van der Waals surface area contributed by atoms with Crippen molar-refractivity contribution in [3.63, 3.8) is 0 Å². The van der Waals surface area contributed by atoms with Crippen molar-refractivity contribution in [2.24, 2.45) is 0 Å². The molecule has 1 unspecified atom stereocenters. The molecule has 1 atom stereocenters. The highest BCUT2D eigenvalue weighted by atomic mass is 79.9. The van der Waals surface area contributed by atoms with Crippen LogP contribution < -0.4 is 4.74 Å². The second kappa shape index (κ2) is 6.65. The zero-order valence-electron chi connectivity index (χ0n) is 9.25. The normalized spacial score (nSPS) is 12.7. The number of hydrogen-bond donors (Lipinski definition) is 0. The molecule has 7 heteroatoms. The lowest BCUT2D eigenvalue weighted by atomic mass is 10.1. The van der Waals surface area contributed by atoms with Gasteiger partial charge in [0.05, 0.1) is 12.4 Å². The van der Waals surface area contributed by atoms with Crippen LogP contribution in [0.4, 0.5) is 8.78 Å². The van der Waals surface area contributed by atoms with Crippen molar-refractivity contribution >= 4 is 59.1 Å². The van der Waals surface area contributed by atoms with Gasteiger partial charge in [-0.25, -0.2) is 0 Å². The van der Waals surface area contributed by atoms with Crippen LogP contribution in [0.25, 0.3) is 0 Å². The molecule has 0 bridgehead atoms. The van der Waals surface area contributed by atoms with Crippen LogP contribution in [0.3, 0.4) is 0 Å². The Morgan fingerprint density at radius 1 is 1.16 bits per heavy atom. The van der Waals surface area contributed by atoms with Crippen LogP contribution in [0, 0.1) is 0 Å². The predicted octanol–water partition coefficient (Wildman–Crippen LogP) is 6.36. The second-order valence-corrected chi connectivity index (χ2v) is 8.26. The standard InChI is InChI=1S/C12H7Br3F2OS/c13-9-5-8(11(15)19-9)10(14)6-2-1-3-7(4-6)18-12(16)17/h1-5,10,12H. The zero-order chi connectivity index (χ0) is 14.0. The number of rotatable bonds is 4. The van der Waals surface area contributed by atoms with Gasteiger partial charge >= 0.3 is 6.61 Å². The molecule has 0 fully saturated rings. The Balaban J connectivity index is 2.28. The number of hydrogen-bond acceptors (Lipinski definition) is 2. The van der Waals surface area contributed by atoms with Gasteiger partial charge in [0.25, 0.3) is 0 Å². The fourth-order valence-electron chi connectivity index (χ4n) is 1.55. The fourth-order valence-corrected chi connectivity index (χ4v) is 5.56. The molecule has 2 aromatic rings. The Morgan fingerprint density at radius 3 is 2.47 bits per heavy atom. The van der Waals surface area contributed by atoms with Gasteiger partial charge in [0.15, 0.2) is 0 Å². The Kier molecular flexibility index (Phi) is 5.39. The first kappa shape index (κ1) is 15.4. The number of thiophene rings is 1. The van der Waals surface area contributed by atoms with Crippen LogP contribution >= 0.6 is 59.1 Å². The van der Waals surface area contributed by atoms with E-state index in [0.717, 1.165) is 18.7 Å². The smallest absolute Gasteiger partial charge is 0.387 e. The van der Waals surface area contributed by atoms with Crippen LogP contribution in [0.15, 0.2) is 37.9 Å². The number of benzene rings is 1. The van der Waals surface area contributed by atoms with Crippen molar-refractivity contribution in [3.05, 3.63) is 49.0 Å². The van der Waals surface area contributed by atoms with Crippen LogP contribution in [0.2, 0.25) is 0 Å². The summed E-state index contributed by atoms with van der Waals surface area (Å²) < 4.78 is 30.8. The summed E-state index contributed by atoms with van der Waals surface area (Å²) in [5.41, 5.74) is 1.88.